The third-order valence-corrected chi connectivity index (χ3v) is 5.38. The molecule has 3 heterocycles. The highest BCUT2D eigenvalue weighted by Crippen LogP contribution is 2.39. The minimum Gasteiger partial charge on any atom is -0.507 e. The third kappa shape index (κ3) is 5.02. The van der Waals surface area contributed by atoms with Gasteiger partial charge in [0.05, 0.1) is 17.2 Å². The zero-order valence-electron chi connectivity index (χ0n) is 18.9. The first-order chi connectivity index (χ1) is 15.9. The fourth-order valence-electron chi connectivity index (χ4n) is 3.86. The van der Waals surface area contributed by atoms with Crippen LogP contribution in [0.1, 0.15) is 39.2 Å². The number of phenolic OH excluding ortho intramolecular Hbond substituents is 1. The quantitative estimate of drug-likeness (QED) is 0.518. The van der Waals surface area contributed by atoms with Crippen molar-refractivity contribution in [3.05, 3.63) is 36.1 Å². The molecule has 2 aromatic heterocycles. The first kappa shape index (κ1) is 23.7. The predicted molar refractivity (Wildman–Crippen MR) is 118 cm³/mol. The molecule has 1 fully saturated rings. The number of phenols is 1. The van der Waals surface area contributed by atoms with Gasteiger partial charge < -0.3 is 24.5 Å². The van der Waals surface area contributed by atoms with E-state index in [1.807, 2.05) is 20.8 Å². The van der Waals surface area contributed by atoms with Crippen LogP contribution in [0.3, 0.4) is 0 Å². The van der Waals surface area contributed by atoms with Crippen LogP contribution in [-0.4, -0.2) is 51.0 Å². The molecule has 8 nitrogen and oxygen atoms in total. The number of carbonyl (C=O) groups excluding carboxylic acids is 1. The number of halogens is 3. The lowest BCUT2D eigenvalue weighted by Crippen LogP contribution is -2.47. The van der Waals surface area contributed by atoms with E-state index in [1.165, 1.54) is 6.26 Å². The summed E-state index contributed by atoms with van der Waals surface area (Å²) in [4.78, 5) is 14.1. The zero-order valence-corrected chi connectivity index (χ0v) is 18.9. The van der Waals surface area contributed by atoms with Crippen molar-refractivity contribution in [3.63, 3.8) is 0 Å². The largest absolute Gasteiger partial charge is 0.507 e. The highest BCUT2D eigenvalue weighted by atomic mass is 19.4. The Hall–Kier alpha value is -3.50. The van der Waals surface area contributed by atoms with Crippen molar-refractivity contribution in [1.82, 2.24) is 15.1 Å². The molecule has 1 aromatic carbocycles. The van der Waals surface area contributed by atoms with Crippen LogP contribution in [-0.2, 0) is 10.9 Å². The molecule has 1 amide bonds. The average molecular weight is 478 g/mol. The van der Waals surface area contributed by atoms with Crippen molar-refractivity contribution >= 4 is 22.9 Å². The van der Waals surface area contributed by atoms with Gasteiger partial charge in [0, 0.05) is 24.7 Å². The van der Waals surface area contributed by atoms with Crippen molar-refractivity contribution < 1.29 is 32.2 Å². The van der Waals surface area contributed by atoms with Gasteiger partial charge in [0.25, 0.3) is 0 Å². The summed E-state index contributed by atoms with van der Waals surface area (Å²) in [6, 6.07) is 4.16. The second-order valence-electron chi connectivity index (χ2n) is 9.20. The fraction of sp³-hybridized carbons (Fsp3) is 0.435. The van der Waals surface area contributed by atoms with Gasteiger partial charge in [0.1, 0.15) is 17.0 Å². The van der Waals surface area contributed by atoms with Gasteiger partial charge in [0.2, 0.25) is 0 Å². The SMILES string of the molecule is CC(C)(C)OC(=O)N1CCC[C@@H](Nc2nnc(-c3ccc(C(F)(F)F)cc3O)c3ccoc23)C1. The molecule has 1 atom stereocenters. The molecule has 1 saturated heterocycles. The summed E-state index contributed by atoms with van der Waals surface area (Å²) in [5, 5.41) is 22.3. The Morgan fingerprint density at radius 2 is 2.00 bits per heavy atom. The Bertz CT molecular complexity index is 1200. The minimum atomic E-state index is -4.58. The highest BCUT2D eigenvalue weighted by molar-refractivity contribution is 5.97. The van der Waals surface area contributed by atoms with Gasteiger partial charge in [0.15, 0.2) is 11.4 Å². The van der Waals surface area contributed by atoms with Gasteiger partial charge in [-0.05, 0) is 57.9 Å². The number of piperidine rings is 1. The van der Waals surface area contributed by atoms with Gasteiger partial charge in [-0.1, -0.05) is 0 Å². The maximum absolute atomic E-state index is 12.9. The summed E-state index contributed by atoms with van der Waals surface area (Å²) in [6.45, 7) is 6.42. The number of amides is 1. The van der Waals surface area contributed by atoms with E-state index in [2.05, 4.69) is 15.5 Å². The molecular weight excluding hydrogens is 453 g/mol. The lowest BCUT2D eigenvalue weighted by atomic mass is 10.0. The van der Waals surface area contributed by atoms with Gasteiger partial charge in [-0.3, -0.25) is 0 Å². The zero-order chi connectivity index (χ0) is 24.7. The maximum atomic E-state index is 12.9. The summed E-state index contributed by atoms with van der Waals surface area (Å²) in [7, 11) is 0. The Kier molecular flexibility index (Phi) is 6.05. The molecule has 3 aromatic rings. The number of rotatable bonds is 3. The number of likely N-dealkylation sites (tertiary alicyclic amines) is 1. The van der Waals surface area contributed by atoms with Crippen molar-refractivity contribution in [2.75, 3.05) is 18.4 Å². The number of ether oxygens (including phenoxy) is 1. The van der Waals surface area contributed by atoms with E-state index < -0.39 is 23.1 Å². The number of aromatic nitrogens is 2. The summed E-state index contributed by atoms with van der Waals surface area (Å²) in [5.74, 6) is -0.223. The van der Waals surface area contributed by atoms with E-state index in [0.717, 1.165) is 25.0 Å². The summed E-state index contributed by atoms with van der Waals surface area (Å²) >= 11 is 0. The number of fused-ring (bicyclic) bond motifs is 1. The van der Waals surface area contributed by atoms with Crippen LogP contribution in [0, 0.1) is 0 Å². The third-order valence-electron chi connectivity index (χ3n) is 5.38. The van der Waals surface area contributed by atoms with Gasteiger partial charge in [-0.15, -0.1) is 10.2 Å². The van der Waals surface area contributed by atoms with Crippen LogP contribution < -0.4 is 5.32 Å². The second kappa shape index (κ2) is 8.69. The lowest BCUT2D eigenvalue weighted by molar-refractivity contribution is -0.137. The van der Waals surface area contributed by atoms with Crippen LogP contribution in [0.5, 0.6) is 5.75 Å². The van der Waals surface area contributed by atoms with Crippen LogP contribution >= 0.6 is 0 Å². The summed E-state index contributed by atoms with van der Waals surface area (Å²) in [6.07, 6.45) is -2.00. The second-order valence-corrected chi connectivity index (χ2v) is 9.20. The number of furan rings is 1. The number of aromatic hydroxyl groups is 1. The number of nitrogens with one attached hydrogen (secondary N) is 1. The molecule has 0 unspecified atom stereocenters. The number of hydrogen-bond acceptors (Lipinski definition) is 7. The molecular formula is C23H25F3N4O4. The monoisotopic (exact) mass is 478 g/mol. The van der Waals surface area contributed by atoms with Gasteiger partial charge >= 0.3 is 12.3 Å². The number of benzene rings is 1. The summed E-state index contributed by atoms with van der Waals surface area (Å²) in [5.41, 5.74) is -0.913. The highest BCUT2D eigenvalue weighted by Gasteiger charge is 2.32. The number of hydrogen-bond donors (Lipinski definition) is 2. The van der Waals surface area contributed by atoms with E-state index in [-0.39, 0.29) is 23.4 Å². The number of carbonyl (C=O) groups is 1. The Morgan fingerprint density at radius 1 is 1.24 bits per heavy atom. The van der Waals surface area contributed by atoms with Crippen LogP contribution in [0.15, 0.2) is 34.9 Å². The number of nitrogens with zero attached hydrogens (tertiary/aromatic N) is 3. The van der Waals surface area contributed by atoms with E-state index in [4.69, 9.17) is 9.15 Å². The van der Waals surface area contributed by atoms with Crippen molar-refractivity contribution in [1.29, 1.82) is 0 Å². The first-order valence-electron chi connectivity index (χ1n) is 10.8. The minimum absolute atomic E-state index is 0.104. The molecule has 0 aliphatic carbocycles. The van der Waals surface area contributed by atoms with E-state index >= 15 is 0 Å². The Labute approximate surface area is 193 Å². The van der Waals surface area contributed by atoms with Gasteiger partial charge in [-0.25, -0.2) is 4.79 Å². The molecule has 1 aliphatic rings. The number of alkyl halides is 3. The molecule has 4 rings (SSSR count). The molecule has 2 N–H and O–H groups in total. The normalized spacial score (nSPS) is 17.1. The molecule has 11 heteroatoms. The van der Waals surface area contributed by atoms with E-state index in [0.29, 0.717) is 35.9 Å². The molecule has 0 radical (unpaired) electrons. The van der Waals surface area contributed by atoms with Crippen molar-refractivity contribution in [2.24, 2.45) is 0 Å². The average Bonchev–Trinajstić information content (AvgIpc) is 3.23. The van der Waals surface area contributed by atoms with Crippen molar-refractivity contribution in [3.8, 4) is 17.0 Å². The van der Waals surface area contributed by atoms with Crippen molar-refractivity contribution in [2.45, 2.75) is 51.4 Å². The Balaban J connectivity index is 1.57. The molecule has 0 saturated carbocycles. The van der Waals surface area contributed by atoms with Crippen LogP contribution in [0.2, 0.25) is 0 Å². The lowest BCUT2D eigenvalue weighted by Gasteiger charge is -2.34. The van der Waals surface area contributed by atoms with Crippen LogP contribution in [0.4, 0.5) is 23.8 Å². The molecule has 0 bridgehead atoms. The van der Waals surface area contributed by atoms with Crippen LogP contribution in [0.25, 0.3) is 22.2 Å². The standard InChI is InChI=1S/C23H25F3N4O4/c1-22(2,3)34-21(32)30-9-4-5-14(12-30)27-20-19-16(8-10-33-19)18(28-29-20)15-7-6-13(11-17(15)31)23(24,25)26/h6-8,10-11,14,31H,4-5,9,12H2,1-3H3,(H,27,29)/t14-/m1/s1. The van der Waals surface area contributed by atoms with E-state index in [1.54, 1.807) is 11.0 Å². The summed E-state index contributed by atoms with van der Waals surface area (Å²) < 4.78 is 49.9. The Morgan fingerprint density at radius 3 is 2.68 bits per heavy atom. The fourth-order valence-corrected chi connectivity index (χ4v) is 3.86. The van der Waals surface area contributed by atoms with Gasteiger partial charge in [-0.2, -0.15) is 13.2 Å². The smallest absolute Gasteiger partial charge is 0.416 e. The molecule has 182 valence electrons. The first-order valence-corrected chi connectivity index (χ1v) is 10.8. The molecule has 34 heavy (non-hydrogen) atoms. The molecule has 1 aliphatic heterocycles. The topological polar surface area (TPSA) is 101 Å². The predicted octanol–water partition coefficient (Wildman–Crippen LogP) is 5.43. The van der Waals surface area contributed by atoms with E-state index in [9.17, 15) is 23.1 Å². The number of anilines is 1. The maximum Gasteiger partial charge on any atom is 0.416 e. The molecule has 0 spiro atoms.